The molecule has 10 heteroatoms. The molecule has 3 rings (SSSR count). The summed E-state index contributed by atoms with van der Waals surface area (Å²) < 4.78 is 1.46. The van der Waals surface area contributed by atoms with Crippen molar-refractivity contribution in [3.05, 3.63) is 40.3 Å². The minimum absolute atomic E-state index is 0.0252. The Hall–Kier alpha value is -2.75. The number of aromatic nitrogens is 6. The molecule has 22 heavy (non-hydrogen) atoms. The highest BCUT2D eigenvalue weighted by Gasteiger charge is 2.26. The van der Waals surface area contributed by atoms with E-state index >= 15 is 0 Å². The zero-order chi connectivity index (χ0) is 15.7. The van der Waals surface area contributed by atoms with Gasteiger partial charge in [-0.2, -0.15) is 5.10 Å². The maximum atomic E-state index is 11.2. The molecule has 0 unspecified atom stereocenters. The van der Waals surface area contributed by atoms with Crippen LogP contribution in [0.3, 0.4) is 0 Å². The van der Waals surface area contributed by atoms with Gasteiger partial charge < -0.3 is 0 Å². The van der Waals surface area contributed by atoms with Crippen LogP contribution in [0.1, 0.15) is 5.69 Å². The molecule has 0 bridgehead atoms. The molecule has 0 saturated carbocycles. The Balaban J connectivity index is 1.92. The van der Waals surface area contributed by atoms with E-state index in [2.05, 4.69) is 25.3 Å². The van der Waals surface area contributed by atoms with Gasteiger partial charge in [0.15, 0.2) is 10.9 Å². The third-order valence-electron chi connectivity index (χ3n) is 2.93. The fourth-order valence-corrected chi connectivity index (χ4v) is 2.86. The van der Waals surface area contributed by atoms with Crippen molar-refractivity contribution in [1.82, 2.24) is 29.9 Å². The van der Waals surface area contributed by atoms with E-state index < -0.39 is 4.92 Å². The Morgan fingerprint density at radius 1 is 1.36 bits per heavy atom. The Bertz CT molecular complexity index is 827. The van der Waals surface area contributed by atoms with Gasteiger partial charge >= 0.3 is 5.69 Å². The molecule has 0 spiro atoms. The monoisotopic (exact) mass is 317 g/mol. The Morgan fingerprint density at radius 3 is 2.77 bits per heavy atom. The molecular formula is C12H11N7O2S. The van der Waals surface area contributed by atoms with Gasteiger partial charge in [-0.15, -0.1) is 5.10 Å². The first kappa shape index (κ1) is 14.2. The Morgan fingerprint density at radius 2 is 2.09 bits per heavy atom. The van der Waals surface area contributed by atoms with Crippen molar-refractivity contribution in [3.63, 3.8) is 0 Å². The summed E-state index contributed by atoms with van der Waals surface area (Å²) in [5, 5.41) is 22.9. The molecule has 3 aromatic rings. The van der Waals surface area contributed by atoms with Gasteiger partial charge in [-0.25, -0.2) is 4.98 Å². The van der Waals surface area contributed by atoms with Crippen LogP contribution in [0.2, 0.25) is 0 Å². The number of rotatable bonds is 4. The highest BCUT2D eigenvalue weighted by molar-refractivity contribution is 7.99. The van der Waals surface area contributed by atoms with Crippen molar-refractivity contribution < 1.29 is 4.92 Å². The summed E-state index contributed by atoms with van der Waals surface area (Å²) >= 11 is 1.10. The van der Waals surface area contributed by atoms with Crippen LogP contribution >= 0.6 is 11.8 Å². The summed E-state index contributed by atoms with van der Waals surface area (Å²) in [7, 11) is 1.65. The summed E-state index contributed by atoms with van der Waals surface area (Å²) in [5.41, 5.74) is 1.17. The lowest BCUT2D eigenvalue weighted by molar-refractivity contribution is -0.388. The van der Waals surface area contributed by atoms with Crippen LogP contribution in [0, 0.1) is 17.0 Å². The number of nitrogens with one attached hydrogen (secondary N) is 1. The highest BCUT2D eigenvalue weighted by atomic mass is 32.2. The van der Waals surface area contributed by atoms with Gasteiger partial charge in [-0.05, 0) is 30.8 Å². The second-order valence-electron chi connectivity index (χ2n) is 4.42. The molecule has 3 aromatic heterocycles. The number of H-pyrrole nitrogens is 1. The summed E-state index contributed by atoms with van der Waals surface area (Å²) in [4.78, 5) is 19.0. The van der Waals surface area contributed by atoms with E-state index in [1.807, 2.05) is 0 Å². The van der Waals surface area contributed by atoms with Gasteiger partial charge in [0.25, 0.3) is 0 Å². The molecule has 112 valence electrons. The van der Waals surface area contributed by atoms with E-state index in [1.165, 1.54) is 4.68 Å². The number of hydrogen-bond donors (Lipinski definition) is 1. The summed E-state index contributed by atoms with van der Waals surface area (Å²) in [6.45, 7) is 1.60. The van der Waals surface area contributed by atoms with Crippen molar-refractivity contribution in [1.29, 1.82) is 0 Å². The molecular weight excluding hydrogens is 306 g/mol. The number of aromatic amines is 1. The van der Waals surface area contributed by atoms with Crippen molar-refractivity contribution >= 4 is 17.4 Å². The third-order valence-corrected chi connectivity index (χ3v) is 3.94. The highest BCUT2D eigenvalue weighted by Crippen LogP contribution is 2.35. The number of nitrogens with zero attached hydrogens (tertiary/aromatic N) is 6. The average Bonchev–Trinajstić information content (AvgIpc) is 3.05. The number of hydrogen-bond acceptors (Lipinski definition) is 7. The van der Waals surface area contributed by atoms with Crippen LogP contribution in [0.15, 0.2) is 34.7 Å². The van der Waals surface area contributed by atoms with Crippen molar-refractivity contribution in [2.75, 3.05) is 0 Å². The van der Waals surface area contributed by atoms with E-state index in [0.717, 1.165) is 17.3 Å². The molecule has 3 heterocycles. The van der Waals surface area contributed by atoms with Gasteiger partial charge in [-0.3, -0.25) is 24.9 Å². The van der Waals surface area contributed by atoms with Crippen molar-refractivity contribution in [2.24, 2.45) is 7.05 Å². The first-order valence-electron chi connectivity index (χ1n) is 6.25. The van der Waals surface area contributed by atoms with E-state index in [4.69, 9.17) is 0 Å². The van der Waals surface area contributed by atoms with Crippen LogP contribution in [-0.4, -0.2) is 34.9 Å². The van der Waals surface area contributed by atoms with Crippen LogP contribution in [0.4, 0.5) is 5.69 Å². The molecule has 0 atom stereocenters. The second-order valence-corrected chi connectivity index (χ2v) is 5.38. The Kier molecular flexibility index (Phi) is 3.59. The number of pyridine rings is 1. The topological polar surface area (TPSA) is 115 Å². The predicted molar refractivity (Wildman–Crippen MR) is 78.3 cm³/mol. The minimum atomic E-state index is -0.443. The third kappa shape index (κ3) is 2.55. The molecule has 0 aliphatic heterocycles. The van der Waals surface area contributed by atoms with Gasteiger partial charge in [0.05, 0.1) is 4.92 Å². The van der Waals surface area contributed by atoms with Crippen molar-refractivity contribution in [2.45, 2.75) is 17.1 Å². The van der Waals surface area contributed by atoms with E-state index in [9.17, 15) is 10.1 Å². The second kappa shape index (κ2) is 5.56. The van der Waals surface area contributed by atoms with Gasteiger partial charge in [-0.1, -0.05) is 0 Å². The SMILES string of the molecule is Cc1nn(C)c(Sc2n[nH]c(-c3ccncc3)n2)c1[N+](=O)[O-]. The smallest absolute Gasteiger partial charge is 0.265 e. The largest absolute Gasteiger partial charge is 0.324 e. The summed E-state index contributed by atoms with van der Waals surface area (Å²) in [6, 6.07) is 3.59. The summed E-state index contributed by atoms with van der Waals surface area (Å²) in [5.74, 6) is 0.575. The van der Waals surface area contributed by atoms with E-state index in [1.54, 1.807) is 38.5 Å². The molecule has 0 aliphatic rings. The molecule has 0 aromatic carbocycles. The fourth-order valence-electron chi connectivity index (χ4n) is 1.97. The molecule has 1 N–H and O–H groups in total. The fraction of sp³-hybridized carbons (Fsp3) is 0.167. The summed E-state index contributed by atoms with van der Waals surface area (Å²) in [6.07, 6.45) is 3.31. The maximum absolute atomic E-state index is 11.2. The number of aryl methyl sites for hydroxylation is 2. The molecule has 0 aliphatic carbocycles. The van der Waals surface area contributed by atoms with Gasteiger partial charge in [0.1, 0.15) is 5.69 Å². The normalized spacial score (nSPS) is 10.8. The zero-order valence-electron chi connectivity index (χ0n) is 11.7. The lowest BCUT2D eigenvalue weighted by atomic mass is 10.3. The quantitative estimate of drug-likeness (QED) is 0.577. The minimum Gasteiger partial charge on any atom is -0.265 e. The molecule has 0 saturated heterocycles. The van der Waals surface area contributed by atoms with E-state index in [0.29, 0.717) is 21.7 Å². The van der Waals surface area contributed by atoms with E-state index in [-0.39, 0.29) is 5.69 Å². The maximum Gasteiger partial charge on any atom is 0.324 e. The van der Waals surface area contributed by atoms with Crippen LogP contribution in [0.5, 0.6) is 0 Å². The molecule has 9 nitrogen and oxygen atoms in total. The average molecular weight is 317 g/mol. The van der Waals surface area contributed by atoms with Crippen LogP contribution < -0.4 is 0 Å². The zero-order valence-corrected chi connectivity index (χ0v) is 12.5. The van der Waals surface area contributed by atoms with Gasteiger partial charge in [0.2, 0.25) is 5.16 Å². The van der Waals surface area contributed by atoms with Crippen molar-refractivity contribution in [3.8, 4) is 11.4 Å². The number of nitro groups is 1. The molecule has 0 amide bonds. The van der Waals surface area contributed by atoms with Crippen LogP contribution in [0.25, 0.3) is 11.4 Å². The predicted octanol–water partition coefficient (Wildman–Crippen LogP) is 1.97. The van der Waals surface area contributed by atoms with Gasteiger partial charge in [0, 0.05) is 25.0 Å². The Labute approximate surface area is 128 Å². The lowest BCUT2D eigenvalue weighted by Crippen LogP contribution is -1.95. The first-order valence-corrected chi connectivity index (χ1v) is 7.06. The molecule has 0 radical (unpaired) electrons. The lowest BCUT2D eigenvalue weighted by Gasteiger charge is -1.97. The standard InChI is InChI=1S/C12H11N7O2S/c1-7-9(19(20)21)11(18(2)17-7)22-12-14-10(15-16-12)8-3-5-13-6-4-8/h3-6H,1-2H3,(H,14,15,16). The van der Waals surface area contributed by atoms with Crippen LogP contribution in [-0.2, 0) is 7.05 Å². The first-order chi connectivity index (χ1) is 10.6. The molecule has 0 fully saturated rings.